The smallest absolute Gasteiger partial charge is 0.186 e. The van der Waals surface area contributed by atoms with Gasteiger partial charge in [-0.05, 0) is 97.2 Å². The van der Waals surface area contributed by atoms with Gasteiger partial charge in [-0.25, -0.2) is 14.6 Å². The second-order valence-electron chi connectivity index (χ2n) is 14.0. The highest BCUT2D eigenvalue weighted by molar-refractivity contribution is 7.16. The van der Waals surface area contributed by atoms with Crippen LogP contribution in [0.4, 0.5) is 10.8 Å². The molecule has 2 aliphatic carbocycles. The van der Waals surface area contributed by atoms with E-state index in [0.29, 0.717) is 34.7 Å². The maximum atomic E-state index is 11.1. The first-order chi connectivity index (χ1) is 21.7. The number of β-amino-alcohol motifs (C(OH)–C–C–N with tert-alkyl or cyclic N) is 1. The molecule has 4 aromatic rings. The summed E-state index contributed by atoms with van der Waals surface area (Å²) in [6, 6.07) is 2.91. The molecule has 0 aromatic carbocycles. The van der Waals surface area contributed by atoms with Crippen LogP contribution in [0.2, 0.25) is 0 Å². The van der Waals surface area contributed by atoms with Crippen molar-refractivity contribution in [1.29, 1.82) is 5.26 Å². The molecule has 11 nitrogen and oxygen atoms in total. The molecule has 4 aromatic heterocycles. The van der Waals surface area contributed by atoms with Crippen LogP contribution in [0.1, 0.15) is 98.6 Å². The molecule has 2 saturated heterocycles. The van der Waals surface area contributed by atoms with Crippen LogP contribution in [-0.2, 0) is 18.3 Å². The van der Waals surface area contributed by atoms with Crippen LogP contribution in [0.15, 0.2) is 10.7 Å². The first-order valence-corrected chi connectivity index (χ1v) is 17.3. The van der Waals surface area contributed by atoms with Gasteiger partial charge in [0.1, 0.15) is 16.9 Å². The average Bonchev–Trinajstić information content (AvgIpc) is 3.81. The highest BCUT2D eigenvalue weighted by atomic mass is 32.1. The summed E-state index contributed by atoms with van der Waals surface area (Å²) < 4.78 is 8.39. The van der Waals surface area contributed by atoms with Crippen molar-refractivity contribution in [2.45, 2.75) is 101 Å². The lowest BCUT2D eigenvalue weighted by Gasteiger charge is -2.39. The zero-order valence-electron chi connectivity index (χ0n) is 26.3. The van der Waals surface area contributed by atoms with Crippen molar-refractivity contribution in [1.82, 2.24) is 29.8 Å². The molecule has 0 radical (unpaired) electrons. The standard InChI is InChI=1S/C33H41N9O2S/c1-19(23-9-6-14-40(23)3)42-31-22(17-36-42)30(41-15-7-11-32(2,43)18-41)37-29(38-31)26-20-8-4-12-33(27(20)44-39-26)13-5-10-24-25(33)21(16-34)28(35)45-24/h17,19,23,43H,4-15,18,35H2,1-3H3/t19-,23-,32+,33-/m0/s1. The molecule has 45 heavy (non-hydrogen) atoms. The minimum atomic E-state index is -0.801. The van der Waals surface area contributed by atoms with Crippen molar-refractivity contribution in [3.05, 3.63) is 33.5 Å². The summed E-state index contributed by atoms with van der Waals surface area (Å²) in [5, 5.41) is 32.3. The summed E-state index contributed by atoms with van der Waals surface area (Å²) in [5.41, 5.74) is 9.32. The third-order valence-corrected chi connectivity index (χ3v) is 12.1. The molecule has 236 valence electrons. The number of rotatable bonds is 4. The van der Waals surface area contributed by atoms with Gasteiger partial charge in [-0.2, -0.15) is 10.4 Å². The van der Waals surface area contributed by atoms with E-state index in [9.17, 15) is 10.4 Å². The first kappa shape index (κ1) is 28.9. The Morgan fingerprint density at radius 2 is 1.98 bits per heavy atom. The van der Waals surface area contributed by atoms with E-state index in [1.807, 2.05) is 13.1 Å². The van der Waals surface area contributed by atoms with E-state index in [4.69, 9.17) is 30.5 Å². The van der Waals surface area contributed by atoms with Crippen molar-refractivity contribution >= 4 is 33.2 Å². The Kier molecular flexibility index (Phi) is 6.75. The van der Waals surface area contributed by atoms with Crippen LogP contribution in [0.25, 0.3) is 22.6 Å². The lowest BCUT2D eigenvalue weighted by molar-refractivity contribution is 0.0448. The van der Waals surface area contributed by atoms with Crippen LogP contribution in [-0.4, -0.2) is 73.2 Å². The number of aromatic nitrogens is 5. The number of nitrogen functional groups attached to an aromatic ring is 1. The van der Waals surface area contributed by atoms with Crippen molar-refractivity contribution < 1.29 is 9.63 Å². The van der Waals surface area contributed by atoms with Crippen LogP contribution in [0.3, 0.4) is 0 Å². The number of hydrogen-bond acceptors (Lipinski definition) is 11. The summed E-state index contributed by atoms with van der Waals surface area (Å²) in [6.45, 7) is 6.50. The number of hydrogen-bond donors (Lipinski definition) is 2. The number of aliphatic hydroxyl groups is 1. The van der Waals surface area contributed by atoms with Crippen LogP contribution >= 0.6 is 11.3 Å². The minimum Gasteiger partial charge on any atom is -0.389 e. The van der Waals surface area contributed by atoms with Gasteiger partial charge >= 0.3 is 0 Å². The lowest BCUT2D eigenvalue weighted by Crippen LogP contribution is -2.46. The van der Waals surface area contributed by atoms with Gasteiger partial charge in [0.25, 0.3) is 0 Å². The molecule has 0 unspecified atom stereocenters. The van der Waals surface area contributed by atoms with E-state index in [1.54, 1.807) is 11.3 Å². The van der Waals surface area contributed by atoms with Gasteiger partial charge in [0.05, 0.1) is 34.2 Å². The van der Waals surface area contributed by atoms with Gasteiger partial charge < -0.3 is 25.2 Å². The van der Waals surface area contributed by atoms with Crippen molar-refractivity contribution in [3.63, 3.8) is 0 Å². The number of anilines is 2. The topological polar surface area (TPSA) is 146 Å². The van der Waals surface area contributed by atoms with Gasteiger partial charge in [0.2, 0.25) is 0 Å². The van der Waals surface area contributed by atoms with Gasteiger partial charge in [-0.1, -0.05) is 5.16 Å². The van der Waals surface area contributed by atoms with E-state index in [0.717, 1.165) is 105 Å². The van der Waals surface area contributed by atoms with Crippen LogP contribution < -0.4 is 10.6 Å². The van der Waals surface area contributed by atoms with E-state index in [1.165, 1.54) is 11.3 Å². The van der Waals surface area contributed by atoms with Gasteiger partial charge in [-0.3, -0.25) is 0 Å². The summed E-state index contributed by atoms with van der Waals surface area (Å²) in [4.78, 5) is 16.2. The molecule has 8 rings (SSSR count). The fourth-order valence-corrected chi connectivity index (χ4v) is 10.0. The largest absolute Gasteiger partial charge is 0.389 e. The summed E-state index contributed by atoms with van der Waals surface area (Å²) in [5.74, 6) is 2.16. The van der Waals surface area contributed by atoms with Gasteiger partial charge in [0, 0.05) is 29.6 Å². The molecular weight excluding hydrogens is 586 g/mol. The van der Waals surface area contributed by atoms with E-state index >= 15 is 0 Å². The Bertz CT molecular complexity index is 1830. The maximum Gasteiger partial charge on any atom is 0.186 e. The minimum absolute atomic E-state index is 0.124. The van der Waals surface area contributed by atoms with E-state index in [-0.39, 0.29) is 6.04 Å². The number of nitriles is 1. The lowest BCUT2D eigenvalue weighted by atomic mass is 9.63. The Morgan fingerprint density at radius 1 is 1.16 bits per heavy atom. The van der Waals surface area contributed by atoms with Crippen molar-refractivity contribution in [3.8, 4) is 17.6 Å². The quantitative estimate of drug-likeness (QED) is 0.318. The summed E-state index contributed by atoms with van der Waals surface area (Å²) in [6.07, 6.45) is 11.3. The normalized spacial score (nSPS) is 27.5. The first-order valence-electron chi connectivity index (χ1n) is 16.4. The third-order valence-electron chi connectivity index (χ3n) is 11.0. The molecule has 1 spiro atoms. The third kappa shape index (κ3) is 4.42. The Balaban J connectivity index is 1.30. The van der Waals surface area contributed by atoms with Gasteiger partial charge in [0.15, 0.2) is 22.9 Å². The molecule has 0 bridgehead atoms. The highest BCUT2D eigenvalue weighted by Crippen LogP contribution is 2.55. The number of likely N-dealkylation sites (tertiary alicyclic amines) is 1. The Labute approximate surface area is 267 Å². The molecule has 4 aliphatic rings. The monoisotopic (exact) mass is 627 g/mol. The molecule has 2 aliphatic heterocycles. The SMILES string of the molecule is C[C@@H]([C@@H]1CCCN1C)n1ncc2c(N3CCC[C@@](C)(O)C3)nc(-c3noc4c3CCC[C@@]43CCCc4sc(N)c(C#N)c43)nc21. The Morgan fingerprint density at radius 3 is 2.73 bits per heavy atom. The number of thiophene rings is 1. The van der Waals surface area contributed by atoms with Crippen molar-refractivity contribution in [2.75, 3.05) is 37.3 Å². The van der Waals surface area contributed by atoms with Crippen molar-refractivity contribution in [2.24, 2.45) is 0 Å². The zero-order valence-corrected chi connectivity index (χ0v) is 27.2. The number of fused-ring (bicyclic) bond motifs is 5. The average molecular weight is 628 g/mol. The van der Waals surface area contributed by atoms with E-state index < -0.39 is 11.0 Å². The molecule has 0 amide bonds. The molecular formula is C33H41N9O2S. The van der Waals surface area contributed by atoms with Crippen LogP contribution in [0, 0.1) is 11.3 Å². The maximum absolute atomic E-state index is 11.1. The second kappa shape index (κ2) is 10.5. The van der Waals surface area contributed by atoms with E-state index in [2.05, 4.69) is 34.5 Å². The highest BCUT2D eigenvalue weighted by Gasteiger charge is 2.49. The zero-order chi connectivity index (χ0) is 31.1. The molecule has 2 fully saturated rings. The predicted octanol–water partition coefficient (Wildman–Crippen LogP) is 4.96. The van der Waals surface area contributed by atoms with Crippen LogP contribution in [0.5, 0.6) is 0 Å². The molecule has 3 N–H and O–H groups in total. The molecule has 4 atom stereocenters. The number of nitrogens with zero attached hydrogens (tertiary/aromatic N) is 8. The number of likely N-dealkylation sites (N-methyl/N-ethyl adjacent to an activating group) is 1. The fourth-order valence-electron chi connectivity index (χ4n) is 8.88. The molecule has 0 saturated carbocycles. The number of nitrogens with two attached hydrogens (primary N) is 1. The predicted molar refractivity (Wildman–Crippen MR) is 173 cm³/mol. The number of piperidine rings is 1. The molecule has 12 heteroatoms. The summed E-state index contributed by atoms with van der Waals surface area (Å²) in [7, 11) is 2.19. The fraction of sp³-hybridized carbons (Fsp3) is 0.606. The van der Waals surface area contributed by atoms with Gasteiger partial charge in [-0.15, -0.1) is 11.3 Å². The number of aryl methyl sites for hydroxylation is 1. The molecule has 6 heterocycles. The summed E-state index contributed by atoms with van der Waals surface area (Å²) >= 11 is 1.55. The second-order valence-corrected chi connectivity index (χ2v) is 15.2. The Hall–Kier alpha value is -3.53.